The maximum absolute atomic E-state index is 13.3. The van der Waals surface area contributed by atoms with Gasteiger partial charge in [-0.15, -0.1) is 0 Å². The Morgan fingerprint density at radius 1 is 1.09 bits per heavy atom. The van der Waals surface area contributed by atoms with Gasteiger partial charge < -0.3 is 20.5 Å². The number of benzene rings is 2. The van der Waals surface area contributed by atoms with Crippen LogP contribution in [0.25, 0.3) is 16.5 Å². The highest BCUT2D eigenvalue weighted by Gasteiger charge is 2.32. The third-order valence-corrected chi connectivity index (χ3v) is 6.22. The van der Waals surface area contributed by atoms with E-state index in [1.807, 2.05) is 6.07 Å². The van der Waals surface area contributed by atoms with Gasteiger partial charge >= 0.3 is 6.18 Å². The highest BCUT2D eigenvalue weighted by Crippen LogP contribution is 2.42. The van der Waals surface area contributed by atoms with Crippen LogP contribution in [-0.2, 0) is 17.3 Å². The van der Waals surface area contributed by atoms with E-state index in [9.17, 15) is 13.2 Å². The molecule has 0 saturated heterocycles. The Morgan fingerprint density at radius 3 is 2.65 bits per heavy atom. The predicted molar refractivity (Wildman–Crippen MR) is 125 cm³/mol. The van der Waals surface area contributed by atoms with Gasteiger partial charge in [0.2, 0.25) is 0 Å². The molecule has 3 N–H and O–H groups in total. The Kier molecular flexibility index (Phi) is 5.59. The van der Waals surface area contributed by atoms with Gasteiger partial charge in [0.1, 0.15) is 17.4 Å². The van der Waals surface area contributed by atoms with Crippen molar-refractivity contribution in [2.24, 2.45) is 0 Å². The maximum Gasteiger partial charge on any atom is 0.416 e. The summed E-state index contributed by atoms with van der Waals surface area (Å²) in [5.41, 5.74) is 9.47. The molecule has 0 spiro atoms. The number of nitrogen functional groups attached to an aromatic ring is 1. The minimum atomic E-state index is -4.48. The van der Waals surface area contributed by atoms with Crippen LogP contribution in [0.5, 0.6) is 5.75 Å². The second-order valence-electron chi connectivity index (χ2n) is 8.65. The Bertz CT molecular complexity index is 1300. The van der Waals surface area contributed by atoms with Crippen molar-refractivity contribution < 1.29 is 22.6 Å². The van der Waals surface area contributed by atoms with Gasteiger partial charge in [-0.2, -0.15) is 13.2 Å². The average molecular weight is 470 g/mol. The molecule has 3 aromatic rings. The first-order chi connectivity index (χ1) is 16.2. The zero-order valence-corrected chi connectivity index (χ0v) is 18.9. The molecule has 1 atom stereocenters. The number of ether oxygens (including phenoxy) is 2. The number of alkyl halides is 3. The molecule has 1 aromatic heterocycles. The summed E-state index contributed by atoms with van der Waals surface area (Å²) < 4.78 is 51.4. The summed E-state index contributed by atoms with van der Waals surface area (Å²) in [6, 6.07) is 5.15. The lowest BCUT2D eigenvalue weighted by Crippen LogP contribution is -2.13. The van der Waals surface area contributed by atoms with E-state index in [-0.39, 0.29) is 5.69 Å². The number of rotatable bonds is 4. The molecule has 6 nitrogen and oxygen atoms in total. The van der Waals surface area contributed by atoms with E-state index < -0.39 is 17.8 Å². The largest absolute Gasteiger partial charge is 0.492 e. The van der Waals surface area contributed by atoms with E-state index in [0.717, 1.165) is 58.3 Å². The average Bonchev–Trinajstić information content (AvgIpc) is 3.28. The summed E-state index contributed by atoms with van der Waals surface area (Å²) in [5, 5.41) is 4.12. The van der Waals surface area contributed by atoms with E-state index in [2.05, 4.69) is 16.4 Å². The molecular weight excluding hydrogens is 445 g/mol. The van der Waals surface area contributed by atoms with Crippen molar-refractivity contribution in [3.05, 3.63) is 58.4 Å². The fraction of sp³-hybridized carbons (Fsp3) is 0.360. The van der Waals surface area contributed by atoms with Crippen LogP contribution in [0.4, 0.5) is 24.7 Å². The highest BCUT2D eigenvalue weighted by molar-refractivity contribution is 5.97. The number of hydrogen-bond donors (Lipinski definition) is 2. The van der Waals surface area contributed by atoms with Crippen LogP contribution >= 0.6 is 0 Å². The second-order valence-corrected chi connectivity index (χ2v) is 8.65. The van der Waals surface area contributed by atoms with Crippen molar-refractivity contribution in [2.75, 3.05) is 30.9 Å². The summed E-state index contributed by atoms with van der Waals surface area (Å²) in [5.74, 6) is 1.98. The van der Waals surface area contributed by atoms with Gasteiger partial charge in [0.05, 0.1) is 36.9 Å². The third-order valence-electron chi connectivity index (χ3n) is 6.22. The van der Waals surface area contributed by atoms with Crippen molar-refractivity contribution >= 4 is 28.0 Å². The van der Waals surface area contributed by atoms with E-state index in [4.69, 9.17) is 20.2 Å². The Balaban J connectivity index is 1.60. The summed E-state index contributed by atoms with van der Waals surface area (Å²) in [6.07, 6.45) is -0.909. The lowest BCUT2D eigenvalue weighted by atomic mass is 9.95. The van der Waals surface area contributed by atoms with Crippen LogP contribution in [0, 0.1) is 6.92 Å². The van der Waals surface area contributed by atoms with Crippen LogP contribution in [0.1, 0.15) is 47.5 Å². The van der Waals surface area contributed by atoms with E-state index in [1.165, 1.54) is 0 Å². The number of halogens is 3. The minimum Gasteiger partial charge on any atom is -0.492 e. The zero-order chi connectivity index (χ0) is 24.0. The molecule has 9 heteroatoms. The van der Waals surface area contributed by atoms with Crippen molar-refractivity contribution in [3.63, 3.8) is 0 Å². The standard InChI is InChI=1S/C25H25F3N4O2/c1-13(16-9-17(25(26,27)28)11-18(29)10-16)30-24-21-12-20(15-3-6-33-7-4-15)23-19(5-8-34-23)22(21)31-14(2)32-24/h3,9-13H,4-8,29H2,1-2H3,(H,30,31,32)/t13-/m1/s1. The molecule has 178 valence electrons. The molecule has 0 fully saturated rings. The van der Waals surface area contributed by atoms with Gasteiger partial charge in [-0.05, 0) is 55.7 Å². The normalized spacial score (nSPS) is 16.7. The summed E-state index contributed by atoms with van der Waals surface area (Å²) in [7, 11) is 0. The quantitative estimate of drug-likeness (QED) is 0.494. The number of anilines is 2. The first-order valence-electron chi connectivity index (χ1n) is 11.2. The smallest absolute Gasteiger partial charge is 0.416 e. The first kappa shape index (κ1) is 22.5. The number of nitrogens with zero attached hydrogens (tertiary/aromatic N) is 2. The molecule has 0 bridgehead atoms. The molecule has 0 unspecified atom stereocenters. The van der Waals surface area contributed by atoms with Crippen LogP contribution < -0.4 is 15.8 Å². The molecule has 0 saturated carbocycles. The molecule has 34 heavy (non-hydrogen) atoms. The van der Waals surface area contributed by atoms with E-state index >= 15 is 0 Å². The van der Waals surface area contributed by atoms with Crippen LogP contribution in [0.3, 0.4) is 0 Å². The Morgan fingerprint density at radius 2 is 1.91 bits per heavy atom. The second kappa shape index (κ2) is 8.47. The number of aryl methyl sites for hydroxylation is 1. The number of nitrogens with two attached hydrogens (primary N) is 1. The molecule has 5 rings (SSSR count). The molecule has 2 aromatic carbocycles. The maximum atomic E-state index is 13.3. The molecular formula is C25H25F3N4O2. The lowest BCUT2D eigenvalue weighted by Gasteiger charge is -2.21. The molecule has 0 radical (unpaired) electrons. The minimum absolute atomic E-state index is 0.0610. The zero-order valence-electron chi connectivity index (χ0n) is 18.9. The SMILES string of the molecule is Cc1nc(N[C@H](C)c2cc(N)cc(C(F)(F)F)c2)c2cc(C3=CCOCC3)c3c(c2n1)CCO3. The third kappa shape index (κ3) is 4.16. The number of fused-ring (bicyclic) bond motifs is 3. The Hall–Kier alpha value is -3.33. The van der Waals surface area contributed by atoms with Gasteiger partial charge in [0, 0.05) is 28.6 Å². The molecule has 2 aliphatic rings. The molecule has 2 aliphatic heterocycles. The predicted octanol–water partition coefficient (Wildman–Crippen LogP) is 5.45. The van der Waals surface area contributed by atoms with Gasteiger partial charge in [0.25, 0.3) is 0 Å². The fourth-order valence-electron chi connectivity index (χ4n) is 4.58. The molecule has 0 aliphatic carbocycles. The lowest BCUT2D eigenvalue weighted by molar-refractivity contribution is -0.137. The van der Waals surface area contributed by atoms with Crippen molar-refractivity contribution in [2.45, 2.75) is 38.9 Å². The Labute approximate surface area is 195 Å². The van der Waals surface area contributed by atoms with Gasteiger partial charge in [0.15, 0.2) is 0 Å². The van der Waals surface area contributed by atoms with Gasteiger partial charge in [-0.25, -0.2) is 9.97 Å². The van der Waals surface area contributed by atoms with E-state index in [0.29, 0.717) is 37.0 Å². The summed E-state index contributed by atoms with van der Waals surface area (Å²) in [6.45, 7) is 5.36. The molecule has 3 heterocycles. The first-order valence-corrected chi connectivity index (χ1v) is 11.2. The monoisotopic (exact) mass is 470 g/mol. The number of aromatic nitrogens is 2. The summed E-state index contributed by atoms with van der Waals surface area (Å²) in [4.78, 5) is 9.30. The van der Waals surface area contributed by atoms with Crippen molar-refractivity contribution in [1.29, 1.82) is 0 Å². The van der Waals surface area contributed by atoms with Crippen molar-refractivity contribution in [3.8, 4) is 5.75 Å². The van der Waals surface area contributed by atoms with Crippen LogP contribution in [0.2, 0.25) is 0 Å². The van der Waals surface area contributed by atoms with Gasteiger partial charge in [-0.3, -0.25) is 0 Å². The fourth-order valence-corrected chi connectivity index (χ4v) is 4.58. The number of nitrogens with one attached hydrogen (secondary N) is 1. The molecule has 0 amide bonds. The van der Waals surface area contributed by atoms with Gasteiger partial charge in [-0.1, -0.05) is 6.08 Å². The van der Waals surface area contributed by atoms with Crippen molar-refractivity contribution in [1.82, 2.24) is 9.97 Å². The highest BCUT2D eigenvalue weighted by atomic mass is 19.4. The topological polar surface area (TPSA) is 82.3 Å². The van der Waals surface area contributed by atoms with Crippen LogP contribution in [-0.4, -0.2) is 29.8 Å². The van der Waals surface area contributed by atoms with Crippen LogP contribution in [0.15, 0.2) is 30.3 Å². The number of hydrogen-bond acceptors (Lipinski definition) is 6. The van der Waals surface area contributed by atoms with E-state index in [1.54, 1.807) is 19.9 Å². The summed E-state index contributed by atoms with van der Waals surface area (Å²) >= 11 is 0.